The van der Waals surface area contributed by atoms with Gasteiger partial charge in [-0.15, -0.1) is 0 Å². The zero-order valence-electron chi connectivity index (χ0n) is 9.95. The van der Waals surface area contributed by atoms with Crippen molar-refractivity contribution in [3.8, 4) is 0 Å². The molecule has 0 aromatic heterocycles. The summed E-state index contributed by atoms with van der Waals surface area (Å²) in [5.41, 5.74) is 0. The maximum atomic E-state index is 12.0. The number of carbonyl (C=O) groups is 2. The molecule has 2 rings (SSSR count). The Balaban J connectivity index is 1.96. The molecule has 0 radical (unpaired) electrons. The largest absolute Gasteiger partial charge is 0.345 e. The highest BCUT2D eigenvalue weighted by molar-refractivity contribution is 5.81. The first-order valence-corrected chi connectivity index (χ1v) is 6.21. The van der Waals surface area contributed by atoms with Gasteiger partial charge in [0.2, 0.25) is 11.8 Å². The summed E-state index contributed by atoms with van der Waals surface area (Å²) >= 11 is 0. The highest BCUT2D eigenvalue weighted by Crippen LogP contribution is 2.20. The van der Waals surface area contributed by atoms with Crippen molar-refractivity contribution in [2.45, 2.75) is 32.1 Å². The quantitative estimate of drug-likeness (QED) is 0.698. The molecule has 0 unspecified atom stereocenters. The molecule has 4 nitrogen and oxygen atoms in total. The maximum Gasteiger partial charge on any atom is 0.227 e. The van der Waals surface area contributed by atoms with Gasteiger partial charge < -0.3 is 9.80 Å². The Morgan fingerprint density at radius 2 is 2.00 bits per heavy atom. The van der Waals surface area contributed by atoms with E-state index in [9.17, 15) is 9.59 Å². The molecule has 2 fully saturated rings. The lowest BCUT2D eigenvalue weighted by Crippen LogP contribution is -2.39. The number of hydrogen-bond donors (Lipinski definition) is 0. The van der Waals surface area contributed by atoms with Crippen LogP contribution in [-0.2, 0) is 9.59 Å². The lowest BCUT2D eigenvalue weighted by atomic mass is 10.0. The van der Waals surface area contributed by atoms with Crippen LogP contribution in [0.25, 0.3) is 0 Å². The van der Waals surface area contributed by atoms with Crippen LogP contribution in [0.2, 0.25) is 0 Å². The van der Waals surface area contributed by atoms with Crippen LogP contribution >= 0.6 is 0 Å². The van der Waals surface area contributed by atoms with Crippen LogP contribution in [0.5, 0.6) is 0 Å². The van der Waals surface area contributed by atoms with Gasteiger partial charge in [0.15, 0.2) is 0 Å². The van der Waals surface area contributed by atoms with E-state index in [4.69, 9.17) is 0 Å². The Hall–Kier alpha value is -1.06. The van der Waals surface area contributed by atoms with E-state index < -0.39 is 0 Å². The molecule has 0 spiro atoms. The fourth-order valence-corrected chi connectivity index (χ4v) is 2.62. The van der Waals surface area contributed by atoms with Crippen molar-refractivity contribution < 1.29 is 9.59 Å². The molecule has 4 heteroatoms. The topological polar surface area (TPSA) is 40.6 Å². The summed E-state index contributed by atoms with van der Waals surface area (Å²) in [6, 6.07) is 0. The first-order valence-electron chi connectivity index (χ1n) is 6.21. The average Bonchev–Trinajstić information content (AvgIpc) is 2.60. The number of amides is 2. The Kier molecular flexibility index (Phi) is 3.46. The molecule has 0 saturated carbocycles. The van der Waals surface area contributed by atoms with Crippen LogP contribution in [0.3, 0.4) is 0 Å². The van der Waals surface area contributed by atoms with E-state index in [1.54, 1.807) is 0 Å². The Morgan fingerprint density at radius 1 is 1.19 bits per heavy atom. The maximum absolute atomic E-state index is 12.0. The highest BCUT2D eigenvalue weighted by atomic mass is 16.2. The van der Waals surface area contributed by atoms with Gasteiger partial charge in [-0.1, -0.05) is 6.42 Å². The molecule has 0 aliphatic carbocycles. The van der Waals surface area contributed by atoms with Crippen molar-refractivity contribution in [1.82, 2.24) is 9.80 Å². The van der Waals surface area contributed by atoms with Gasteiger partial charge in [0.25, 0.3) is 0 Å². The van der Waals surface area contributed by atoms with Crippen molar-refractivity contribution in [2.75, 3.05) is 26.7 Å². The van der Waals surface area contributed by atoms with E-state index in [-0.39, 0.29) is 17.7 Å². The number of rotatable bonds is 2. The minimum absolute atomic E-state index is 0.0366. The summed E-state index contributed by atoms with van der Waals surface area (Å²) in [5, 5.41) is 0. The van der Waals surface area contributed by atoms with Gasteiger partial charge in [-0.3, -0.25) is 9.59 Å². The van der Waals surface area contributed by atoms with Gasteiger partial charge in [0.1, 0.15) is 0 Å². The number of carbonyl (C=O) groups excluding carboxylic acids is 2. The summed E-state index contributed by atoms with van der Waals surface area (Å²) < 4.78 is 0. The van der Waals surface area contributed by atoms with Crippen LogP contribution < -0.4 is 0 Å². The summed E-state index contributed by atoms with van der Waals surface area (Å²) in [5.74, 6) is 0.478. The van der Waals surface area contributed by atoms with Crippen LogP contribution in [0.15, 0.2) is 0 Å². The summed E-state index contributed by atoms with van der Waals surface area (Å²) in [6.45, 7) is 2.34. The zero-order chi connectivity index (χ0) is 11.5. The molecule has 2 aliphatic heterocycles. The van der Waals surface area contributed by atoms with Gasteiger partial charge in [-0.2, -0.15) is 0 Å². The number of hydrogen-bond acceptors (Lipinski definition) is 2. The lowest BCUT2D eigenvalue weighted by Gasteiger charge is -2.24. The highest BCUT2D eigenvalue weighted by Gasteiger charge is 2.29. The molecule has 1 atom stereocenters. The van der Waals surface area contributed by atoms with Gasteiger partial charge in [-0.25, -0.2) is 0 Å². The molecule has 2 amide bonds. The minimum atomic E-state index is 0.0366. The molecule has 90 valence electrons. The molecular weight excluding hydrogens is 204 g/mol. The second-order valence-electron chi connectivity index (χ2n) is 4.90. The van der Waals surface area contributed by atoms with Crippen molar-refractivity contribution in [3.63, 3.8) is 0 Å². The normalized spacial score (nSPS) is 27.4. The molecule has 2 aliphatic rings. The van der Waals surface area contributed by atoms with E-state index in [1.807, 2.05) is 16.8 Å². The molecule has 2 heterocycles. The van der Waals surface area contributed by atoms with Crippen molar-refractivity contribution in [1.29, 1.82) is 0 Å². The third-order valence-corrected chi connectivity index (χ3v) is 3.63. The predicted octanol–water partition coefficient (Wildman–Crippen LogP) is 0.867. The first kappa shape index (κ1) is 11.4. The molecule has 16 heavy (non-hydrogen) atoms. The van der Waals surface area contributed by atoms with Crippen LogP contribution in [0, 0.1) is 5.92 Å². The zero-order valence-corrected chi connectivity index (χ0v) is 9.95. The van der Waals surface area contributed by atoms with Crippen LogP contribution in [0.1, 0.15) is 32.1 Å². The number of nitrogens with zero attached hydrogens (tertiary/aromatic N) is 2. The molecule has 2 saturated heterocycles. The number of likely N-dealkylation sites (tertiary alicyclic amines) is 2. The fraction of sp³-hybridized carbons (Fsp3) is 0.833. The summed E-state index contributed by atoms with van der Waals surface area (Å²) in [6.07, 6.45) is 4.74. The Morgan fingerprint density at radius 3 is 2.69 bits per heavy atom. The average molecular weight is 224 g/mol. The lowest BCUT2D eigenvalue weighted by molar-refractivity contribution is -0.135. The third-order valence-electron chi connectivity index (χ3n) is 3.63. The third kappa shape index (κ3) is 2.36. The molecule has 0 aromatic rings. The molecule has 0 N–H and O–H groups in total. The van der Waals surface area contributed by atoms with Crippen molar-refractivity contribution in [2.24, 2.45) is 5.92 Å². The molecule has 0 bridgehead atoms. The van der Waals surface area contributed by atoms with Crippen molar-refractivity contribution >= 4 is 11.8 Å². The van der Waals surface area contributed by atoms with E-state index in [1.165, 1.54) is 0 Å². The van der Waals surface area contributed by atoms with E-state index in [2.05, 4.69) is 0 Å². The monoisotopic (exact) mass is 224 g/mol. The van der Waals surface area contributed by atoms with E-state index >= 15 is 0 Å². The first-order chi connectivity index (χ1) is 7.68. The van der Waals surface area contributed by atoms with Gasteiger partial charge in [0.05, 0.1) is 5.92 Å². The second kappa shape index (κ2) is 4.85. The summed E-state index contributed by atoms with van der Waals surface area (Å²) in [4.78, 5) is 27.2. The van der Waals surface area contributed by atoms with Gasteiger partial charge in [0, 0.05) is 33.1 Å². The standard InChI is InChI=1S/C12H20N2O2/c1-13-7-3-2-5-10(12(13)16)9-14-8-4-6-11(14)15/h10H,2-9H2,1H3/t10-/m1/s1. The second-order valence-corrected chi connectivity index (χ2v) is 4.90. The summed E-state index contributed by atoms with van der Waals surface area (Å²) in [7, 11) is 1.87. The van der Waals surface area contributed by atoms with Crippen LogP contribution in [-0.4, -0.2) is 48.3 Å². The molecule has 0 aromatic carbocycles. The minimum Gasteiger partial charge on any atom is -0.345 e. The van der Waals surface area contributed by atoms with Crippen molar-refractivity contribution in [3.05, 3.63) is 0 Å². The smallest absolute Gasteiger partial charge is 0.227 e. The van der Waals surface area contributed by atoms with E-state index in [0.29, 0.717) is 13.0 Å². The Labute approximate surface area is 96.6 Å². The van der Waals surface area contributed by atoms with Gasteiger partial charge >= 0.3 is 0 Å². The molecular formula is C12H20N2O2. The SMILES string of the molecule is CN1CCCC[C@H](CN2CCCC2=O)C1=O. The van der Waals surface area contributed by atoms with Crippen LogP contribution in [0.4, 0.5) is 0 Å². The Bertz CT molecular complexity index is 291. The predicted molar refractivity (Wildman–Crippen MR) is 60.8 cm³/mol. The van der Waals surface area contributed by atoms with E-state index in [0.717, 1.165) is 38.8 Å². The van der Waals surface area contributed by atoms with Gasteiger partial charge in [-0.05, 0) is 19.3 Å². The fourth-order valence-electron chi connectivity index (χ4n) is 2.62.